The maximum atomic E-state index is 12.3. The van der Waals surface area contributed by atoms with Gasteiger partial charge < -0.3 is 5.11 Å². The summed E-state index contributed by atoms with van der Waals surface area (Å²) in [4.78, 5) is 12.3. The van der Waals surface area contributed by atoms with Crippen LogP contribution in [0.1, 0.15) is 117 Å². The number of allylic oxidation sites excluding steroid dienone is 1. The fourth-order valence-corrected chi connectivity index (χ4v) is 8.87. The smallest absolute Gasteiger partial charge is 0.155 e. The van der Waals surface area contributed by atoms with Crippen molar-refractivity contribution in [2.75, 3.05) is 5.75 Å². The Bertz CT molecular complexity index is 712. The molecule has 2 nitrogen and oxygen atoms in total. The van der Waals surface area contributed by atoms with Gasteiger partial charge in [0.2, 0.25) is 0 Å². The molecule has 0 bridgehead atoms. The molecule has 3 fully saturated rings. The molecule has 3 saturated carbocycles. The van der Waals surface area contributed by atoms with Crippen molar-refractivity contribution in [1.29, 1.82) is 0 Å². The van der Waals surface area contributed by atoms with Crippen LogP contribution in [-0.2, 0) is 4.79 Å². The summed E-state index contributed by atoms with van der Waals surface area (Å²) in [5.74, 6) is 4.17. The van der Waals surface area contributed by atoms with Crippen LogP contribution in [0.5, 0.6) is 0 Å². The van der Waals surface area contributed by atoms with Gasteiger partial charge in [0.1, 0.15) is 0 Å². The Balaban J connectivity index is 1.48. The fraction of sp³-hybridized carbons (Fsp3) is 0.897. The molecule has 182 valence electrons. The lowest BCUT2D eigenvalue weighted by Gasteiger charge is -2.61. The second-order valence-corrected chi connectivity index (χ2v) is 13.0. The SMILES string of the molecule is CC1(O)CC[C@H]2[C@@H]3C(CCCCCCCCCS)CC4=CC(=O)CC[C@]4(C)[C@@H]3CC[C@@]21C. The zero-order valence-electron chi connectivity index (χ0n) is 21.0. The van der Waals surface area contributed by atoms with Crippen LogP contribution < -0.4 is 0 Å². The fourth-order valence-electron chi connectivity index (χ4n) is 8.65. The van der Waals surface area contributed by atoms with Crippen molar-refractivity contribution >= 4 is 18.4 Å². The second-order valence-electron chi connectivity index (χ2n) is 12.6. The molecular formula is C29H48O2S. The molecule has 0 aromatic heterocycles. The van der Waals surface area contributed by atoms with E-state index in [2.05, 4.69) is 39.5 Å². The number of ketones is 1. The third-order valence-corrected chi connectivity index (χ3v) is 11.2. The van der Waals surface area contributed by atoms with Crippen molar-refractivity contribution in [3.63, 3.8) is 0 Å². The first-order valence-corrected chi connectivity index (χ1v) is 14.4. The summed E-state index contributed by atoms with van der Waals surface area (Å²) in [7, 11) is 0. The number of thiol groups is 1. The molecule has 0 aliphatic heterocycles. The molecule has 1 N–H and O–H groups in total. The molecule has 7 atom stereocenters. The Morgan fingerprint density at radius 3 is 2.31 bits per heavy atom. The first-order chi connectivity index (χ1) is 15.2. The van der Waals surface area contributed by atoms with E-state index >= 15 is 0 Å². The maximum absolute atomic E-state index is 12.3. The molecule has 3 heteroatoms. The molecule has 0 saturated heterocycles. The molecule has 0 spiro atoms. The zero-order valence-corrected chi connectivity index (χ0v) is 21.9. The number of hydrogen-bond donors (Lipinski definition) is 2. The van der Waals surface area contributed by atoms with Crippen LogP contribution in [0, 0.1) is 34.5 Å². The highest BCUT2D eigenvalue weighted by molar-refractivity contribution is 7.80. The molecule has 0 aromatic carbocycles. The van der Waals surface area contributed by atoms with E-state index in [0.717, 1.165) is 43.8 Å². The minimum Gasteiger partial charge on any atom is -0.390 e. The maximum Gasteiger partial charge on any atom is 0.155 e. The van der Waals surface area contributed by atoms with Crippen LogP contribution in [0.2, 0.25) is 0 Å². The quantitative estimate of drug-likeness (QED) is 0.275. The van der Waals surface area contributed by atoms with Gasteiger partial charge in [0, 0.05) is 6.42 Å². The topological polar surface area (TPSA) is 37.3 Å². The van der Waals surface area contributed by atoms with Crippen molar-refractivity contribution in [3.8, 4) is 0 Å². The summed E-state index contributed by atoms with van der Waals surface area (Å²) in [5, 5.41) is 11.3. The average Bonchev–Trinajstić information content (AvgIpc) is 3.00. The van der Waals surface area contributed by atoms with E-state index in [4.69, 9.17) is 0 Å². The van der Waals surface area contributed by atoms with Crippen LogP contribution in [0.25, 0.3) is 0 Å². The van der Waals surface area contributed by atoms with Crippen molar-refractivity contribution in [2.24, 2.45) is 34.5 Å². The summed E-state index contributed by atoms with van der Waals surface area (Å²) < 4.78 is 0. The Morgan fingerprint density at radius 2 is 1.59 bits per heavy atom. The predicted octanol–water partition coefficient (Wildman–Crippen LogP) is 7.55. The Hall–Kier alpha value is -0.280. The van der Waals surface area contributed by atoms with Crippen LogP contribution in [0.15, 0.2) is 11.6 Å². The number of aliphatic hydroxyl groups is 1. The minimum atomic E-state index is -0.514. The molecule has 4 rings (SSSR count). The lowest BCUT2D eigenvalue weighted by atomic mass is 9.44. The molecule has 0 heterocycles. The summed E-state index contributed by atoms with van der Waals surface area (Å²) in [6, 6.07) is 0. The van der Waals surface area contributed by atoms with Crippen molar-refractivity contribution in [1.82, 2.24) is 0 Å². The molecule has 0 amide bonds. The van der Waals surface area contributed by atoms with E-state index in [1.807, 2.05) is 0 Å². The number of rotatable bonds is 9. The van der Waals surface area contributed by atoms with E-state index in [9.17, 15) is 9.90 Å². The van der Waals surface area contributed by atoms with Gasteiger partial charge in [-0.15, -0.1) is 0 Å². The molecule has 2 unspecified atom stereocenters. The zero-order chi connectivity index (χ0) is 23.0. The van der Waals surface area contributed by atoms with Gasteiger partial charge in [-0.2, -0.15) is 12.6 Å². The minimum absolute atomic E-state index is 0.0709. The summed E-state index contributed by atoms with van der Waals surface area (Å²) >= 11 is 4.32. The van der Waals surface area contributed by atoms with Crippen LogP contribution >= 0.6 is 12.6 Å². The third kappa shape index (κ3) is 4.39. The van der Waals surface area contributed by atoms with E-state index in [0.29, 0.717) is 23.5 Å². The summed E-state index contributed by atoms with van der Waals surface area (Å²) in [6.07, 6.45) is 20.2. The predicted molar refractivity (Wildman–Crippen MR) is 137 cm³/mol. The Morgan fingerprint density at radius 1 is 0.938 bits per heavy atom. The van der Waals surface area contributed by atoms with E-state index in [1.54, 1.807) is 0 Å². The van der Waals surface area contributed by atoms with Gasteiger partial charge in [0.05, 0.1) is 5.60 Å². The van der Waals surface area contributed by atoms with Gasteiger partial charge >= 0.3 is 0 Å². The highest BCUT2D eigenvalue weighted by Gasteiger charge is 2.64. The number of fused-ring (bicyclic) bond motifs is 5. The number of carbonyl (C=O) groups excluding carboxylic acids is 1. The molecular weight excluding hydrogens is 412 g/mol. The van der Waals surface area contributed by atoms with Gasteiger partial charge in [0.25, 0.3) is 0 Å². The monoisotopic (exact) mass is 460 g/mol. The largest absolute Gasteiger partial charge is 0.390 e. The van der Waals surface area contributed by atoms with E-state index in [-0.39, 0.29) is 10.8 Å². The number of hydrogen-bond acceptors (Lipinski definition) is 3. The van der Waals surface area contributed by atoms with Gasteiger partial charge in [-0.1, -0.05) is 57.9 Å². The lowest BCUT2D eigenvalue weighted by Crippen LogP contribution is -2.56. The van der Waals surface area contributed by atoms with Crippen LogP contribution in [0.3, 0.4) is 0 Å². The second kappa shape index (κ2) is 9.76. The van der Waals surface area contributed by atoms with Gasteiger partial charge in [0.15, 0.2) is 5.78 Å². The van der Waals surface area contributed by atoms with Gasteiger partial charge in [-0.3, -0.25) is 4.79 Å². The Kier molecular flexibility index (Phi) is 7.58. The number of unbranched alkanes of at least 4 members (excludes halogenated alkanes) is 6. The molecule has 0 aromatic rings. The lowest BCUT2D eigenvalue weighted by molar-refractivity contribution is -0.135. The highest BCUT2D eigenvalue weighted by atomic mass is 32.1. The first kappa shape index (κ1) is 24.8. The average molecular weight is 461 g/mol. The molecule has 0 radical (unpaired) electrons. The van der Waals surface area contributed by atoms with E-state index < -0.39 is 5.60 Å². The molecule has 4 aliphatic rings. The van der Waals surface area contributed by atoms with Gasteiger partial charge in [-0.05, 0) is 105 Å². The van der Waals surface area contributed by atoms with E-state index in [1.165, 1.54) is 69.8 Å². The summed E-state index contributed by atoms with van der Waals surface area (Å²) in [5.41, 5.74) is 1.26. The van der Waals surface area contributed by atoms with Crippen molar-refractivity contribution < 1.29 is 9.90 Å². The molecule has 32 heavy (non-hydrogen) atoms. The van der Waals surface area contributed by atoms with Crippen LogP contribution in [0.4, 0.5) is 0 Å². The Labute approximate surface area is 202 Å². The molecule has 4 aliphatic carbocycles. The van der Waals surface area contributed by atoms with Crippen molar-refractivity contribution in [3.05, 3.63) is 11.6 Å². The van der Waals surface area contributed by atoms with Gasteiger partial charge in [-0.25, -0.2) is 0 Å². The van der Waals surface area contributed by atoms with Crippen molar-refractivity contribution in [2.45, 2.75) is 123 Å². The van der Waals surface area contributed by atoms with Crippen LogP contribution in [-0.4, -0.2) is 22.2 Å². The first-order valence-electron chi connectivity index (χ1n) is 13.8. The summed E-state index contributed by atoms with van der Waals surface area (Å²) in [6.45, 7) is 7.01. The highest BCUT2D eigenvalue weighted by Crippen LogP contribution is 2.69. The number of carbonyl (C=O) groups is 1. The normalized spacial score (nSPS) is 43.4. The standard InChI is InChI=1S/C29H48O2S/c1-27-15-12-23(30)20-22(27)19-21(11-9-7-5-4-6-8-10-18-32)26-24(27)13-16-28(2)25(26)14-17-29(28,3)31/h20-21,24-26,31-32H,4-19H2,1-3H3/t21?,24-,25+,26-,27+,28+,29?/m1/s1. The third-order valence-electron chi connectivity index (χ3n) is 10.9.